The molecule has 0 aromatic heterocycles. The molecular weight excluding hydrogens is 330 g/mol. The quantitative estimate of drug-likeness (QED) is 0.845. The van der Waals surface area contributed by atoms with Crippen molar-refractivity contribution in [2.75, 3.05) is 26.6 Å². The number of allylic oxidation sites excluding steroid dienone is 2. The summed E-state index contributed by atoms with van der Waals surface area (Å²) in [6, 6.07) is 13.5. The first-order chi connectivity index (χ1) is 12.6. The van der Waals surface area contributed by atoms with E-state index < -0.39 is 0 Å². The zero-order valence-corrected chi connectivity index (χ0v) is 15.2. The normalized spacial score (nSPS) is 16.7. The number of carbonyl (C=O) groups excluding carboxylic acids is 1. The van der Waals surface area contributed by atoms with Crippen LogP contribution >= 0.6 is 0 Å². The maximum absolute atomic E-state index is 12.2. The number of rotatable bonds is 6. The molecule has 0 spiro atoms. The van der Waals surface area contributed by atoms with E-state index in [1.54, 1.807) is 21.3 Å². The molecule has 1 N–H and O–H groups in total. The van der Waals surface area contributed by atoms with Crippen LogP contribution in [0.4, 0.5) is 5.69 Å². The molecule has 0 fully saturated rings. The van der Waals surface area contributed by atoms with E-state index >= 15 is 0 Å². The fraction of sp³-hybridized carbons (Fsp3) is 0.286. The van der Waals surface area contributed by atoms with Crippen LogP contribution in [0, 0.1) is 0 Å². The second-order valence-corrected chi connectivity index (χ2v) is 6.19. The third-order valence-corrected chi connectivity index (χ3v) is 4.47. The van der Waals surface area contributed by atoms with Crippen molar-refractivity contribution in [3.63, 3.8) is 0 Å². The van der Waals surface area contributed by atoms with E-state index in [1.807, 2.05) is 42.5 Å². The van der Waals surface area contributed by atoms with Crippen molar-refractivity contribution in [1.82, 2.24) is 0 Å². The molecule has 0 saturated carbocycles. The van der Waals surface area contributed by atoms with Crippen molar-refractivity contribution >= 4 is 11.5 Å². The number of benzene rings is 2. The second-order valence-electron chi connectivity index (χ2n) is 6.19. The lowest BCUT2D eigenvalue weighted by molar-refractivity contribution is -0.118. The van der Waals surface area contributed by atoms with Crippen LogP contribution in [-0.4, -0.2) is 27.1 Å². The number of carbonyl (C=O) groups is 1. The first-order valence-corrected chi connectivity index (χ1v) is 8.48. The minimum atomic E-state index is 0.0600. The Morgan fingerprint density at radius 3 is 2.31 bits per heavy atom. The van der Waals surface area contributed by atoms with Crippen molar-refractivity contribution in [3.8, 4) is 17.2 Å². The number of Topliss-reactive ketones (excluding diaryl/α,β-unsaturated/α-hetero) is 1. The van der Waals surface area contributed by atoms with Gasteiger partial charge in [-0.3, -0.25) is 4.79 Å². The van der Waals surface area contributed by atoms with Gasteiger partial charge in [0, 0.05) is 36.2 Å². The first kappa shape index (κ1) is 17.9. The van der Waals surface area contributed by atoms with Crippen molar-refractivity contribution in [2.45, 2.75) is 18.8 Å². The van der Waals surface area contributed by atoms with E-state index in [2.05, 4.69) is 11.4 Å². The van der Waals surface area contributed by atoms with Gasteiger partial charge in [-0.2, -0.15) is 0 Å². The third-order valence-electron chi connectivity index (χ3n) is 4.47. The predicted molar refractivity (Wildman–Crippen MR) is 101 cm³/mol. The smallest absolute Gasteiger partial charge is 0.162 e. The zero-order chi connectivity index (χ0) is 18.5. The van der Waals surface area contributed by atoms with Gasteiger partial charge in [0.05, 0.1) is 21.3 Å². The maximum atomic E-state index is 12.2. The van der Waals surface area contributed by atoms with Crippen LogP contribution in [0.3, 0.4) is 0 Å². The van der Waals surface area contributed by atoms with Crippen molar-refractivity contribution in [2.24, 2.45) is 0 Å². The Hall–Kier alpha value is -2.95. The Morgan fingerprint density at radius 1 is 0.923 bits per heavy atom. The summed E-state index contributed by atoms with van der Waals surface area (Å²) in [5.74, 6) is 2.40. The molecule has 0 saturated heterocycles. The Kier molecular flexibility index (Phi) is 5.46. The summed E-state index contributed by atoms with van der Waals surface area (Å²) < 4.78 is 15.8. The summed E-state index contributed by atoms with van der Waals surface area (Å²) in [6.45, 7) is 0. The van der Waals surface area contributed by atoms with Crippen LogP contribution in [0.15, 0.2) is 54.2 Å². The number of hydrogen-bond acceptors (Lipinski definition) is 5. The van der Waals surface area contributed by atoms with E-state index in [0.717, 1.165) is 22.7 Å². The molecule has 136 valence electrons. The molecule has 5 heteroatoms. The van der Waals surface area contributed by atoms with Gasteiger partial charge in [-0.15, -0.1) is 0 Å². The van der Waals surface area contributed by atoms with Gasteiger partial charge in [0.1, 0.15) is 11.5 Å². The fourth-order valence-electron chi connectivity index (χ4n) is 3.14. The van der Waals surface area contributed by atoms with Crippen molar-refractivity contribution in [1.29, 1.82) is 0 Å². The summed E-state index contributed by atoms with van der Waals surface area (Å²) >= 11 is 0. The van der Waals surface area contributed by atoms with E-state index in [0.29, 0.717) is 24.3 Å². The molecule has 26 heavy (non-hydrogen) atoms. The fourth-order valence-corrected chi connectivity index (χ4v) is 3.14. The molecule has 1 atom stereocenters. The molecule has 2 aromatic carbocycles. The molecule has 1 aliphatic rings. The van der Waals surface area contributed by atoms with Crippen LogP contribution in [0.25, 0.3) is 0 Å². The number of nitrogens with one attached hydrogen (secondary N) is 1. The van der Waals surface area contributed by atoms with Gasteiger partial charge in [0.2, 0.25) is 0 Å². The highest BCUT2D eigenvalue weighted by Gasteiger charge is 2.22. The van der Waals surface area contributed by atoms with Crippen LogP contribution in [0.2, 0.25) is 0 Å². The highest BCUT2D eigenvalue weighted by molar-refractivity contribution is 5.84. The Balaban J connectivity index is 1.82. The van der Waals surface area contributed by atoms with Gasteiger partial charge in [0.25, 0.3) is 0 Å². The summed E-state index contributed by atoms with van der Waals surface area (Å²) in [5.41, 5.74) is 2.86. The highest BCUT2D eigenvalue weighted by atomic mass is 16.5. The molecule has 1 aliphatic carbocycles. The minimum absolute atomic E-state index is 0.0600. The van der Waals surface area contributed by atoms with E-state index in [9.17, 15) is 4.79 Å². The maximum Gasteiger partial charge on any atom is 0.162 e. The van der Waals surface area contributed by atoms with Crippen LogP contribution in [0.1, 0.15) is 24.3 Å². The lowest BCUT2D eigenvalue weighted by Crippen LogP contribution is -2.16. The molecule has 0 radical (unpaired) electrons. The van der Waals surface area contributed by atoms with Crippen LogP contribution < -0.4 is 19.5 Å². The Morgan fingerprint density at radius 2 is 1.65 bits per heavy atom. The molecule has 0 heterocycles. The van der Waals surface area contributed by atoms with Gasteiger partial charge in [-0.05, 0) is 29.8 Å². The van der Waals surface area contributed by atoms with E-state index in [-0.39, 0.29) is 11.7 Å². The molecule has 5 nitrogen and oxygen atoms in total. The highest BCUT2D eigenvalue weighted by Crippen LogP contribution is 2.33. The number of ether oxygens (including phenoxy) is 3. The Labute approximate surface area is 153 Å². The van der Waals surface area contributed by atoms with Gasteiger partial charge >= 0.3 is 0 Å². The Bertz CT molecular complexity index is 811. The number of anilines is 1. The van der Waals surface area contributed by atoms with Gasteiger partial charge in [0.15, 0.2) is 11.5 Å². The van der Waals surface area contributed by atoms with Crippen molar-refractivity contribution < 1.29 is 19.0 Å². The average molecular weight is 353 g/mol. The van der Waals surface area contributed by atoms with Crippen molar-refractivity contribution in [3.05, 3.63) is 59.8 Å². The van der Waals surface area contributed by atoms with Gasteiger partial charge in [-0.1, -0.05) is 18.2 Å². The summed E-state index contributed by atoms with van der Waals surface area (Å²) in [5, 5.41) is 3.34. The SMILES string of the molecule is COc1ccc(C2C=C(Nc3ccc(OC)c(OC)c3)CC(=O)C2)cc1. The molecule has 0 amide bonds. The first-order valence-electron chi connectivity index (χ1n) is 8.48. The van der Waals surface area contributed by atoms with Gasteiger partial charge < -0.3 is 19.5 Å². The predicted octanol–water partition coefficient (Wildman–Crippen LogP) is 4.15. The summed E-state index contributed by atoms with van der Waals surface area (Å²) in [7, 11) is 4.85. The largest absolute Gasteiger partial charge is 0.497 e. The lowest BCUT2D eigenvalue weighted by Gasteiger charge is -2.22. The van der Waals surface area contributed by atoms with E-state index in [1.165, 1.54) is 0 Å². The minimum Gasteiger partial charge on any atom is -0.497 e. The number of methoxy groups -OCH3 is 3. The standard InChI is InChI=1S/C21H23NO4/c1-24-19-7-4-14(5-8-19)15-10-17(12-18(23)11-15)22-16-6-9-20(25-2)21(13-16)26-3/h4-10,13,15,22H,11-12H2,1-3H3. The molecule has 2 aromatic rings. The lowest BCUT2D eigenvalue weighted by atomic mass is 9.87. The molecule has 3 rings (SSSR count). The average Bonchev–Trinajstić information content (AvgIpc) is 2.67. The monoisotopic (exact) mass is 353 g/mol. The summed E-state index contributed by atoms with van der Waals surface area (Å²) in [6.07, 6.45) is 3.05. The molecule has 1 unspecified atom stereocenters. The van der Waals surface area contributed by atoms with Crippen LogP contribution in [-0.2, 0) is 4.79 Å². The summed E-state index contributed by atoms with van der Waals surface area (Å²) in [4.78, 5) is 12.2. The number of hydrogen-bond donors (Lipinski definition) is 1. The van der Waals surface area contributed by atoms with Crippen LogP contribution in [0.5, 0.6) is 17.2 Å². The third kappa shape index (κ3) is 3.99. The topological polar surface area (TPSA) is 56.8 Å². The van der Waals surface area contributed by atoms with Gasteiger partial charge in [-0.25, -0.2) is 0 Å². The molecule has 0 aliphatic heterocycles. The molecular formula is C21H23NO4. The second kappa shape index (κ2) is 7.95. The zero-order valence-electron chi connectivity index (χ0n) is 15.2. The number of ketones is 1. The molecule has 0 bridgehead atoms. The van der Waals surface area contributed by atoms with E-state index in [4.69, 9.17) is 14.2 Å².